The molecular formula is C14H16N4O3. The highest BCUT2D eigenvalue weighted by molar-refractivity contribution is 6.04. The van der Waals surface area contributed by atoms with Crippen LogP contribution in [0, 0.1) is 11.3 Å². The third-order valence-corrected chi connectivity index (χ3v) is 2.68. The van der Waals surface area contributed by atoms with Crippen molar-refractivity contribution >= 4 is 23.4 Å². The average Bonchev–Trinajstić information content (AvgIpc) is 2.42. The maximum absolute atomic E-state index is 12.2. The van der Waals surface area contributed by atoms with Gasteiger partial charge < -0.3 is 16.4 Å². The number of nitrogens with one attached hydrogen (secondary N) is 2. The van der Waals surface area contributed by atoms with E-state index in [-0.39, 0.29) is 24.3 Å². The Morgan fingerprint density at radius 3 is 2.57 bits per heavy atom. The minimum Gasteiger partial charge on any atom is -0.368 e. The third kappa shape index (κ3) is 4.95. The second kappa shape index (κ2) is 7.65. The summed E-state index contributed by atoms with van der Waals surface area (Å²) in [6.45, 7) is 1.33. The van der Waals surface area contributed by atoms with Crippen molar-refractivity contribution in [3.8, 4) is 6.07 Å². The number of nitrogens with two attached hydrogens (primary N) is 1. The van der Waals surface area contributed by atoms with Crippen LogP contribution in [0.3, 0.4) is 0 Å². The van der Waals surface area contributed by atoms with Crippen LogP contribution < -0.4 is 16.4 Å². The third-order valence-electron chi connectivity index (χ3n) is 2.68. The van der Waals surface area contributed by atoms with E-state index in [1.54, 1.807) is 18.2 Å². The molecule has 0 aliphatic heterocycles. The lowest BCUT2D eigenvalue weighted by molar-refractivity contribution is -0.120. The van der Waals surface area contributed by atoms with Gasteiger partial charge in [-0.25, -0.2) is 0 Å². The van der Waals surface area contributed by atoms with Crippen LogP contribution in [-0.4, -0.2) is 23.8 Å². The molecule has 0 aromatic heterocycles. The number of benzene rings is 1. The molecule has 7 heteroatoms. The summed E-state index contributed by atoms with van der Waals surface area (Å²) < 4.78 is 0. The fourth-order valence-corrected chi connectivity index (χ4v) is 1.71. The molecule has 110 valence electrons. The molecular weight excluding hydrogens is 272 g/mol. The first-order valence-electron chi connectivity index (χ1n) is 6.29. The number of anilines is 1. The van der Waals surface area contributed by atoms with Crippen molar-refractivity contribution in [2.24, 2.45) is 5.73 Å². The summed E-state index contributed by atoms with van der Waals surface area (Å²) in [5, 5.41) is 13.5. The number of primary amides is 1. The number of nitriles is 1. The molecule has 3 amide bonds. The van der Waals surface area contributed by atoms with E-state index in [2.05, 4.69) is 10.6 Å². The molecule has 7 nitrogen and oxygen atoms in total. The summed E-state index contributed by atoms with van der Waals surface area (Å²) in [7, 11) is 0. The second-order valence-corrected chi connectivity index (χ2v) is 4.35. The number of hydrogen-bond acceptors (Lipinski definition) is 4. The topological polar surface area (TPSA) is 125 Å². The van der Waals surface area contributed by atoms with Crippen LogP contribution in [0.1, 0.15) is 30.1 Å². The SMILES string of the molecule is CC(=O)Nc1ccccc1C(=O)N[C@@H](CCC#N)C(N)=O. The Labute approximate surface area is 122 Å². The van der Waals surface area contributed by atoms with Gasteiger partial charge in [0.05, 0.1) is 17.3 Å². The van der Waals surface area contributed by atoms with Crippen molar-refractivity contribution in [2.75, 3.05) is 5.32 Å². The lowest BCUT2D eigenvalue weighted by atomic mass is 10.1. The lowest BCUT2D eigenvalue weighted by Crippen LogP contribution is -2.44. The van der Waals surface area contributed by atoms with E-state index in [1.807, 2.05) is 6.07 Å². The van der Waals surface area contributed by atoms with E-state index < -0.39 is 17.9 Å². The van der Waals surface area contributed by atoms with Crippen molar-refractivity contribution in [3.63, 3.8) is 0 Å². The number of hydrogen-bond donors (Lipinski definition) is 3. The smallest absolute Gasteiger partial charge is 0.254 e. The van der Waals surface area contributed by atoms with Crippen LogP contribution in [0.5, 0.6) is 0 Å². The van der Waals surface area contributed by atoms with E-state index >= 15 is 0 Å². The van der Waals surface area contributed by atoms with Crippen LogP contribution in [0.4, 0.5) is 5.69 Å². The number of para-hydroxylation sites is 1. The summed E-state index contributed by atoms with van der Waals surface area (Å²) in [6, 6.07) is 7.35. The first kappa shape index (κ1) is 16.2. The van der Waals surface area contributed by atoms with E-state index in [1.165, 1.54) is 13.0 Å². The van der Waals surface area contributed by atoms with Gasteiger partial charge in [-0.3, -0.25) is 14.4 Å². The molecule has 0 heterocycles. The maximum Gasteiger partial charge on any atom is 0.254 e. The van der Waals surface area contributed by atoms with Gasteiger partial charge in [0.2, 0.25) is 11.8 Å². The van der Waals surface area contributed by atoms with Crippen LogP contribution in [0.2, 0.25) is 0 Å². The van der Waals surface area contributed by atoms with Crippen LogP contribution in [0.15, 0.2) is 24.3 Å². The summed E-state index contributed by atoms with van der Waals surface area (Å²) >= 11 is 0. The summed E-state index contributed by atoms with van der Waals surface area (Å²) in [5.74, 6) is -1.57. The Morgan fingerprint density at radius 1 is 1.33 bits per heavy atom. The molecule has 0 unspecified atom stereocenters. The molecule has 1 aromatic rings. The number of nitrogens with zero attached hydrogens (tertiary/aromatic N) is 1. The fourth-order valence-electron chi connectivity index (χ4n) is 1.71. The van der Waals surface area contributed by atoms with Gasteiger partial charge in [-0.05, 0) is 18.6 Å². The zero-order valence-corrected chi connectivity index (χ0v) is 11.6. The average molecular weight is 288 g/mol. The van der Waals surface area contributed by atoms with Gasteiger partial charge in [-0.15, -0.1) is 0 Å². The van der Waals surface area contributed by atoms with Gasteiger partial charge in [-0.2, -0.15) is 5.26 Å². The highest BCUT2D eigenvalue weighted by atomic mass is 16.2. The van der Waals surface area contributed by atoms with Crippen LogP contribution >= 0.6 is 0 Å². The fraction of sp³-hybridized carbons (Fsp3) is 0.286. The first-order valence-corrected chi connectivity index (χ1v) is 6.29. The van der Waals surface area contributed by atoms with Crippen molar-refractivity contribution in [2.45, 2.75) is 25.8 Å². The molecule has 0 bridgehead atoms. The number of carbonyl (C=O) groups is 3. The second-order valence-electron chi connectivity index (χ2n) is 4.35. The molecule has 0 aliphatic carbocycles. The monoisotopic (exact) mass is 288 g/mol. The number of rotatable bonds is 6. The molecule has 0 spiro atoms. The Morgan fingerprint density at radius 2 is 2.00 bits per heavy atom. The van der Waals surface area contributed by atoms with Crippen LogP contribution in [0.25, 0.3) is 0 Å². The van der Waals surface area contributed by atoms with Gasteiger partial charge in [0.1, 0.15) is 6.04 Å². The zero-order valence-electron chi connectivity index (χ0n) is 11.6. The highest BCUT2D eigenvalue weighted by Crippen LogP contribution is 2.15. The quantitative estimate of drug-likeness (QED) is 0.706. The molecule has 21 heavy (non-hydrogen) atoms. The first-order chi connectivity index (χ1) is 9.95. The van der Waals surface area contributed by atoms with Crippen molar-refractivity contribution in [1.29, 1.82) is 5.26 Å². The molecule has 1 rings (SSSR count). The van der Waals surface area contributed by atoms with Crippen molar-refractivity contribution in [1.82, 2.24) is 5.32 Å². The van der Waals surface area contributed by atoms with Crippen molar-refractivity contribution in [3.05, 3.63) is 29.8 Å². The maximum atomic E-state index is 12.2. The molecule has 0 saturated heterocycles. The molecule has 0 radical (unpaired) electrons. The Kier molecular flexibility index (Phi) is 5.89. The minimum absolute atomic E-state index is 0.0984. The minimum atomic E-state index is -0.928. The Bertz CT molecular complexity index is 592. The largest absolute Gasteiger partial charge is 0.368 e. The molecule has 1 atom stereocenters. The molecule has 4 N–H and O–H groups in total. The van der Waals surface area contributed by atoms with Gasteiger partial charge in [0.25, 0.3) is 5.91 Å². The normalized spacial score (nSPS) is 11.0. The standard InChI is InChI=1S/C14H16N4O3/c1-9(19)17-11-6-3-2-5-10(11)14(21)18-12(13(16)20)7-4-8-15/h2-3,5-6,12H,4,7H2,1H3,(H2,16,20)(H,17,19)(H,18,21)/t12-/m0/s1. The van der Waals surface area contributed by atoms with E-state index in [0.717, 1.165) is 0 Å². The van der Waals surface area contributed by atoms with Gasteiger partial charge in [-0.1, -0.05) is 12.1 Å². The Hall–Kier alpha value is -2.88. The predicted molar refractivity (Wildman–Crippen MR) is 76.0 cm³/mol. The molecule has 0 aliphatic rings. The summed E-state index contributed by atoms with van der Waals surface area (Å²) in [5.41, 5.74) is 5.75. The molecule has 0 fully saturated rings. The summed E-state index contributed by atoms with van der Waals surface area (Å²) in [6.07, 6.45) is 0.237. The van der Waals surface area contributed by atoms with Gasteiger partial charge >= 0.3 is 0 Å². The van der Waals surface area contributed by atoms with Crippen molar-refractivity contribution < 1.29 is 14.4 Å². The molecule has 1 aromatic carbocycles. The lowest BCUT2D eigenvalue weighted by Gasteiger charge is -2.15. The van der Waals surface area contributed by atoms with E-state index in [9.17, 15) is 14.4 Å². The van der Waals surface area contributed by atoms with E-state index in [4.69, 9.17) is 11.0 Å². The van der Waals surface area contributed by atoms with Gasteiger partial charge in [0, 0.05) is 13.3 Å². The number of amides is 3. The highest BCUT2D eigenvalue weighted by Gasteiger charge is 2.20. The number of carbonyl (C=O) groups excluding carboxylic acids is 3. The summed E-state index contributed by atoms with van der Waals surface area (Å²) in [4.78, 5) is 34.5. The van der Waals surface area contributed by atoms with E-state index in [0.29, 0.717) is 5.69 Å². The van der Waals surface area contributed by atoms with Crippen LogP contribution in [-0.2, 0) is 9.59 Å². The zero-order chi connectivity index (χ0) is 15.8. The predicted octanol–water partition coefficient (Wildman–Crippen LogP) is 0.532. The molecule has 0 saturated carbocycles. The Balaban J connectivity index is 2.90. The van der Waals surface area contributed by atoms with Gasteiger partial charge in [0.15, 0.2) is 0 Å².